The highest BCUT2D eigenvalue weighted by Crippen LogP contribution is 2.49. The van der Waals surface area contributed by atoms with Gasteiger partial charge >= 0.3 is 6.01 Å². The van der Waals surface area contributed by atoms with E-state index in [4.69, 9.17) is 28.9 Å². The highest BCUT2D eigenvalue weighted by molar-refractivity contribution is 7.13. The third-order valence-electron chi connectivity index (χ3n) is 17.7. The smallest absolute Gasteiger partial charge is 0.319 e. The summed E-state index contributed by atoms with van der Waals surface area (Å²) < 4.78 is 19.2. The minimum absolute atomic E-state index is 0.0112. The van der Waals surface area contributed by atoms with Crippen molar-refractivity contribution in [3.8, 4) is 39.3 Å². The molecule has 3 unspecified atom stereocenters. The normalized spacial score (nSPS) is 25.4. The number of aromatic nitrogens is 5. The summed E-state index contributed by atoms with van der Waals surface area (Å²) in [5.41, 5.74) is 9.36. The number of hydrogen-bond donors (Lipinski definition) is 4. The fourth-order valence-electron chi connectivity index (χ4n) is 13.9. The van der Waals surface area contributed by atoms with Gasteiger partial charge in [-0.1, -0.05) is 63.2 Å². The molecule has 5 fully saturated rings. The number of ether oxygens (including phenoxy) is 2. The van der Waals surface area contributed by atoms with Gasteiger partial charge < -0.3 is 44.6 Å². The van der Waals surface area contributed by atoms with Gasteiger partial charge in [-0.15, -0.1) is 11.3 Å². The van der Waals surface area contributed by atoms with Crippen LogP contribution in [0.25, 0.3) is 43.4 Å². The molecule has 18 heteroatoms. The second-order valence-electron chi connectivity index (χ2n) is 22.9. The molecule has 77 heavy (non-hydrogen) atoms. The Kier molecular flexibility index (Phi) is 12.7. The molecule has 3 aromatic carbocycles. The fourth-order valence-corrected chi connectivity index (χ4v) is 14.7. The Morgan fingerprint density at radius 1 is 0.987 bits per heavy atom. The zero-order valence-electron chi connectivity index (χ0n) is 44.2. The summed E-state index contributed by atoms with van der Waals surface area (Å²) in [6.07, 6.45) is 7.33. The average molecular weight is 1060 g/mol. The Labute approximate surface area is 451 Å². The van der Waals surface area contributed by atoms with E-state index in [1.54, 1.807) is 17.4 Å². The van der Waals surface area contributed by atoms with Crippen molar-refractivity contribution in [3.63, 3.8) is 0 Å². The zero-order chi connectivity index (χ0) is 52.9. The molecule has 2 bridgehead atoms. The minimum Gasteiger partial charge on any atom is -0.508 e. The van der Waals surface area contributed by atoms with Crippen molar-refractivity contribution in [2.45, 2.75) is 133 Å². The van der Waals surface area contributed by atoms with Crippen molar-refractivity contribution >= 4 is 50.6 Å². The summed E-state index contributed by atoms with van der Waals surface area (Å²) in [6.45, 7) is 13.5. The predicted molar refractivity (Wildman–Crippen MR) is 293 cm³/mol. The van der Waals surface area contributed by atoms with Crippen LogP contribution >= 0.6 is 11.3 Å². The first-order valence-corrected chi connectivity index (χ1v) is 28.4. The lowest BCUT2D eigenvalue weighted by Gasteiger charge is -2.36. The van der Waals surface area contributed by atoms with Gasteiger partial charge in [0.15, 0.2) is 5.76 Å². The molecule has 9 heterocycles. The van der Waals surface area contributed by atoms with Crippen LogP contribution in [0.5, 0.6) is 17.6 Å². The number of fused-ring (bicyclic) bond motifs is 7. The third kappa shape index (κ3) is 8.84. The number of phenols is 1. The molecule has 0 spiro atoms. The van der Waals surface area contributed by atoms with Gasteiger partial charge in [0.2, 0.25) is 11.8 Å². The van der Waals surface area contributed by atoms with Crippen molar-refractivity contribution in [2.75, 3.05) is 44.3 Å². The van der Waals surface area contributed by atoms with Crippen LogP contribution in [0.3, 0.4) is 0 Å². The van der Waals surface area contributed by atoms with Crippen molar-refractivity contribution in [3.05, 3.63) is 101 Å². The molecule has 5 aliphatic heterocycles. The van der Waals surface area contributed by atoms with Gasteiger partial charge in [-0.3, -0.25) is 19.5 Å². The zero-order valence-corrected chi connectivity index (χ0v) is 45.1. The lowest BCUT2D eigenvalue weighted by Crippen LogP contribution is -2.51. The van der Waals surface area contributed by atoms with Crippen molar-refractivity contribution in [1.82, 2.24) is 45.5 Å². The van der Waals surface area contributed by atoms with E-state index in [1.807, 2.05) is 81.9 Å². The molecule has 4 N–H and O–H groups in total. The molecule has 6 aliphatic rings. The molecule has 7 aromatic rings. The second kappa shape index (κ2) is 19.6. The van der Waals surface area contributed by atoms with Crippen LogP contribution in [0.2, 0.25) is 0 Å². The summed E-state index contributed by atoms with van der Waals surface area (Å²) in [5, 5.41) is 35.9. The topological polar surface area (TPSA) is 204 Å². The number of benzene rings is 3. The van der Waals surface area contributed by atoms with Gasteiger partial charge in [-0.25, -0.2) is 4.98 Å². The Bertz CT molecular complexity index is 3410. The minimum atomic E-state index is -0.848. The second-order valence-corrected chi connectivity index (χ2v) is 23.8. The summed E-state index contributed by atoms with van der Waals surface area (Å²) in [6, 6.07) is 19.8. The number of pyridine rings is 1. The van der Waals surface area contributed by atoms with E-state index in [2.05, 4.69) is 49.6 Å². The molecule has 13 rings (SSSR count). The maximum Gasteiger partial charge on any atom is 0.319 e. The Morgan fingerprint density at radius 2 is 1.81 bits per heavy atom. The van der Waals surface area contributed by atoms with Gasteiger partial charge in [0.1, 0.15) is 36.7 Å². The van der Waals surface area contributed by atoms with Crippen LogP contribution < -0.4 is 25.0 Å². The molecule has 9 atom stereocenters. The van der Waals surface area contributed by atoms with Gasteiger partial charge in [0, 0.05) is 73.5 Å². The van der Waals surface area contributed by atoms with Crippen LogP contribution in [0, 0.1) is 12.8 Å². The van der Waals surface area contributed by atoms with Crippen LogP contribution in [-0.2, 0) is 9.59 Å². The number of nitrogens with one attached hydrogen (secondary N) is 2. The van der Waals surface area contributed by atoms with Crippen LogP contribution in [0.1, 0.15) is 119 Å². The van der Waals surface area contributed by atoms with Crippen molar-refractivity contribution < 1.29 is 33.8 Å². The third-order valence-corrected chi connectivity index (χ3v) is 18.7. The van der Waals surface area contributed by atoms with Crippen LogP contribution in [0.15, 0.2) is 76.9 Å². The molecule has 5 saturated heterocycles. The number of anilines is 1. The quantitative estimate of drug-likeness (QED) is 0.0807. The standard InChI is InChI=1S/C59H66N10O7S/c1-31(2)49(57(73)68-27-42(71)22-46(68)56(72)62-33(4)35-10-12-36(13-11-35)54-34(5)61-30-77-54)47-23-48(66-76-47)74-28-40-16-18-59(17-7-19-69(40)59)29-75-58-64-53-45(55(65-58)67-25-38-14-15-39(26-67)63-38)24-60-52-44-21-41(70)20-37-8-6-9-43(51(37)44)32(3)50(52)53/h6,8-13,20-21,23-24,30-33,38-40,42,46,49,63,70-71H,7,14-19,22,25-29H2,1-5H3,(H,62,72)/t32?,33-,38?,39?,40+,42+,46-,49+,59+/m0/s1. The highest BCUT2D eigenvalue weighted by atomic mass is 32.1. The Hall–Kier alpha value is -6.73. The highest BCUT2D eigenvalue weighted by Gasteiger charge is 2.51. The monoisotopic (exact) mass is 1060 g/mol. The lowest BCUT2D eigenvalue weighted by molar-refractivity contribution is -0.141. The lowest BCUT2D eigenvalue weighted by atomic mass is 9.79. The number of carbonyl (C=O) groups is 2. The molecular formula is C59H66N10O7S. The van der Waals surface area contributed by atoms with E-state index in [1.165, 1.54) is 10.5 Å². The molecule has 0 saturated carbocycles. The molecule has 2 amide bonds. The molecule has 1 aliphatic carbocycles. The first kappa shape index (κ1) is 49.8. The Morgan fingerprint density at radius 3 is 2.58 bits per heavy atom. The summed E-state index contributed by atoms with van der Waals surface area (Å²) >= 11 is 1.59. The number of phenolic OH excluding ortho intramolecular Hbond substituents is 1. The number of amides is 2. The summed E-state index contributed by atoms with van der Waals surface area (Å²) in [5.74, 6) is 0.132. The number of aliphatic hydroxyl groups is 1. The number of rotatable bonds is 14. The number of nitrogens with zero attached hydrogens (tertiary/aromatic N) is 8. The number of aromatic hydroxyl groups is 1. The van der Waals surface area contributed by atoms with E-state index < -0.39 is 18.1 Å². The van der Waals surface area contributed by atoms with E-state index in [-0.39, 0.29) is 60.0 Å². The van der Waals surface area contributed by atoms with Gasteiger partial charge in [0.25, 0.3) is 5.88 Å². The maximum absolute atomic E-state index is 14.5. The molecule has 17 nitrogen and oxygen atoms in total. The molecule has 4 aromatic heterocycles. The van der Waals surface area contributed by atoms with E-state index >= 15 is 0 Å². The Balaban J connectivity index is 0.697. The SMILES string of the molecule is Cc1ncsc1-c1ccc([C@H](C)NC(=O)[C@@H]2C[C@@H](O)CN2C(=O)[C@@H](c2cc(OC[C@H]3CC[C@@]4(COc5nc(N6CC7CCC(C6)N7)c6cnc7c(c6n5)C(C)c5cccc6cc(O)cc-7c56)CCCN34)no2)C(C)C)cc1. The van der Waals surface area contributed by atoms with Crippen LogP contribution in [0.4, 0.5) is 5.82 Å². The van der Waals surface area contributed by atoms with Crippen molar-refractivity contribution in [1.29, 1.82) is 0 Å². The summed E-state index contributed by atoms with van der Waals surface area (Å²) in [4.78, 5) is 56.0. The number of piperazine rings is 1. The number of thiazole rings is 1. The number of carbonyl (C=O) groups excluding carboxylic acids is 2. The van der Waals surface area contributed by atoms with Crippen molar-refractivity contribution in [2.24, 2.45) is 5.92 Å². The average Bonchev–Trinajstić information content (AvgIpc) is 4.47. The number of likely N-dealkylation sites (tertiary alicyclic amines) is 1. The van der Waals surface area contributed by atoms with E-state index in [0.717, 1.165) is 124 Å². The van der Waals surface area contributed by atoms with E-state index in [9.17, 15) is 19.8 Å². The largest absolute Gasteiger partial charge is 0.508 e. The van der Waals surface area contributed by atoms with E-state index in [0.29, 0.717) is 42.9 Å². The molecule has 0 radical (unpaired) electrons. The van der Waals surface area contributed by atoms with Gasteiger partial charge in [-0.2, -0.15) is 9.97 Å². The molecule has 400 valence electrons. The number of β-amino-alcohol motifs (C(OH)–C–C–N with tert-alkyl or cyclic N) is 1. The maximum atomic E-state index is 14.5. The molecular weight excluding hydrogens is 993 g/mol. The fraction of sp³-hybridized carbons (Fsp3) is 0.475. The van der Waals surface area contributed by atoms with Gasteiger partial charge in [-0.05, 0) is 110 Å². The first-order chi connectivity index (χ1) is 37.3. The first-order valence-electron chi connectivity index (χ1n) is 27.5. The van der Waals surface area contributed by atoms with Crippen LogP contribution in [-0.4, -0.2) is 132 Å². The summed E-state index contributed by atoms with van der Waals surface area (Å²) in [7, 11) is 0. The van der Waals surface area contributed by atoms with Gasteiger partial charge in [0.05, 0.1) is 50.4 Å². The number of hydrogen-bond acceptors (Lipinski definition) is 16. The number of aliphatic hydroxyl groups excluding tert-OH is 1. The number of aryl methyl sites for hydroxylation is 1. The predicted octanol–water partition coefficient (Wildman–Crippen LogP) is 8.41.